The van der Waals surface area contributed by atoms with Gasteiger partial charge in [-0.15, -0.1) is 0 Å². The van der Waals surface area contributed by atoms with Gasteiger partial charge in [-0.25, -0.2) is 12.8 Å². The van der Waals surface area contributed by atoms with E-state index in [1.54, 1.807) is 14.2 Å². The molecular weight excluding hydrogens is 457 g/mol. The van der Waals surface area contributed by atoms with Crippen LogP contribution in [0.25, 0.3) is 11.1 Å². The number of rotatable bonds is 10. The lowest BCUT2D eigenvalue weighted by molar-refractivity contribution is 0.307. The number of aryl methyl sites for hydroxylation is 2. The Morgan fingerprint density at radius 3 is 2.50 bits per heavy atom. The predicted octanol–water partition coefficient (Wildman–Crippen LogP) is 4.70. The molecule has 0 atom stereocenters. The van der Waals surface area contributed by atoms with Crippen molar-refractivity contribution in [1.29, 1.82) is 0 Å². The molecule has 0 amide bonds. The summed E-state index contributed by atoms with van der Waals surface area (Å²) in [6.07, 6.45) is 3.89. The second-order valence-corrected chi connectivity index (χ2v) is 10.4. The van der Waals surface area contributed by atoms with E-state index in [9.17, 15) is 17.6 Å². The van der Waals surface area contributed by atoms with Crippen LogP contribution in [0.1, 0.15) is 30.9 Å². The van der Waals surface area contributed by atoms with E-state index in [-0.39, 0.29) is 27.5 Å². The third kappa shape index (κ3) is 5.67. The minimum Gasteiger partial charge on any atom is -0.496 e. The van der Waals surface area contributed by atoms with Gasteiger partial charge in [0, 0.05) is 30.4 Å². The Morgan fingerprint density at radius 1 is 1.03 bits per heavy atom. The molecule has 0 bridgehead atoms. The number of benzene rings is 2. The zero-order valence-corrected chi connectivity index (χ0v) is 20.7. The molecule has 0 saturated heterocycles. The van der Waals surface area contributed by atoms with Crippen molar-refractivity contribution >= 4 is 9.84 Å². The molecule has 8 heteroatoms. The topological polar surface area (TPSA) is 74.6 Å². The minimum atomic E-state index is -3.52. The van der Waals surface area contributed by atoms with Crippen LogP contribution in [-0.4, -0.2) is 32.5 Å². The largest absolute Gasteiger partial charge is 0.496 e. The second-order valence-electron chi connectivity index (χ2n) is 8.10. The number of nitrogens with zero attached hydrogens (tertiary/aromatic N) is 1. The maximum Gasteiger partial charge on any atom is 0.254 e. The van der Waals surface area contributed by atoms with Gasteiger partial charge in [-0.2, -0.15) is 0 Å². The number of methoxy groups -OCH3 is 1. The van der Waals surface area contributed by atoms with E-state index in [2.05, 4.69) is 6.07 Å². The molecule has 0 spiro atoms. The monoisotopic (exact) mass is 487 g/mol. The van der Waals surface area contributed by atoms with Crippen LogP contribution in [0.4, 0.5) is 4.39 Å². The number of unbranched alkanes of at least 4 members (excludes halogenated alkanes) is 1. The summed E-state index contributed by atoms with van der Waals surface area (Å²) in [5.74, 6) is 0.395. The Balaban J connectivity index is 1.79. The first kappa shape index (κ1) is 25.5. The molecule has 0 radical (unpaired) electrons. The standard InChI is InChI=1S/C26H30FNO5S/c1-5-34(30,31)20-12-13-23(27)21(15-20)22-17-28(3)26(29)16-25(22)33-14-7-6-9-19-10-8-11-24(32-4)18(19)2/h8,10-13,15-17H,5-7,9,14H2,1-4H3. The highest BCUT2D eigenvalue weighted by Crippen LogP contribution is 2.33. The van der Waals surface area contributed by atoms with Crippen molar-refractivity contribution in [3.63, 3.8) is 0 Å². The summed E-state index contributed by atoms with van der Waals surface area (Å²) in [6, 6.07) is 10.9. The molecule has 0 aliphatic heterocycles. The maximum atomic E-state index is 14.7. The molecule has 34 heavy (non-hydrogen) atoms. The molecule has 0 saturated carbocycles. The number of aromatic nitrogens is 1. The van der Waals surface area contributed by atoms with Crippen LogP contribution < -0.4 is 15.0 Å². The van der Waals surface area contributed by atoms with Gasteiger partial charge < -0.3 is 14.0 Å². The Hall–Kier alpha value is -3.13. The number of sulfone groups is 1. The van der Waals surface area contributed by atoms with Crippen molar-refractivity contribution in [3.05, 3.63) is 76.0 Å². The molecule has 0 fully saturated rings. The summed E-state index contributed by atoms with van der Waals surface area (Å²) in [5, 5.41) is 0. The van der Waals surface area contributed by atoms with Crippen LogP contribution in [0.15, 0.2) is 58.4 Å². The summed E-state index contributed by atoms with van der Waals surface area (Å²) in [4.78, 5) is 12.3. The van der Waals surface area contributed by atoms with Gasteiger partial charge in [0.25, 0.3) is 5.56 Å². The first-order valence-electron chi connectivity index (χ1n) is 11.2. The zero-order chi connectivity index (χ0) is 24.9. The summed E-state index contributed by atoms with van der Waals surface area (Å²) >= 11 is 0. The van der Waals surface area contributed by atoms with Gasteiger partial charge in [0.15, 0.2) is 9.84 Å². The molecular formula is C26H30FNO5S. The Kier molecular flexibility index (Phi) is 8.15. The average Bonchev–Trinajstić information content (AvgIpc) is 2.82. The Bertz CT molecular complexity index is 1330. The van der Waals surface area contributed by atoms with Gasteiger partial charge in [0.1, 0.15) is 17.3 Å². The van der Waals surface area contributed by atoms with Gasteiger partial charge in [-0.1, -0.05) is 19.1 Å². The third-order valence-corrected chi connectivity index (χ3v) is 7.60. The number of halogens is 1. The fourth-order valence-corrected chi connectivity index (χ4v) is 4.66. The number of hydrogen-bond donors (Lipinski definition) is 0. The van der Waals surface area contributed by atoms with E-state index in [1.807, 2.05) is 19.1 Å². The predicted molar refractivity (Wildman–Crippen MR) is 131 cm³/mol. The van der Waals surface area contributed by atoms with Crippen LogP contribution in [0.2, 0.25) is 0 Å². The quantitative estimate of drug-likeness (QED) is 0.306. The third-order valence-electron chi connectivity index (χ3n) is 5.87. The maximum absolute atomic E-state index is 14.7. The fraction of sp³-hybridized carbons (Fsp3) is 0.346. The molecule has 3 aromatic rings. The number of ether oxygens (including phenoxy) is 2. The van der Waals surface area contributed by atoms with Gasteiger partial charge >= 0.3 is 0 Å². The first-order valence-corrected chi connectivity index (χ1v) is 12.8. The molecule has 1 heterocycles. The number of hydrogen-bond acceptors (Lipinski definition) is 5. The zero-order valence-electron chi connectivity index (χ0n) is 19.9. The average molecular weight is 488 g/mol. The van der Waals surface area contributed by atoms with E-state index >= 15 is 0 Å². The van der Waals surface area contributed by atoms with E-state index in [4.69, 9.17) is 9.47 Å². The molecule has 6 nitrogen and oxygen atoms in total. The van der Waals surface area contributed by atoms with Crippen molar-refractivity contribution in [2.24, 2.45) is 7.05 Å². The molecule has 0 aliphatic rings. The second kappa shape index (κ2) is 10.9. The van der Waals surface area contributed by atoms with Gasteiger partial charge in [-0.05, 0) is 61.6 Å². The normalized spacial score (nSPS) is 11.4. The van der Waals surface area contributed by atoms with Gasteiger partial charge in [0.05, 0.1) is 24.4 Å². The van der Waals surface area contributed by atoms with Crippen LogP contribution in [0, 0.1) is 12.7 Å². The van der Waals surface area contributed by atoms with E-state index in [1.165, 1.54) is 41.5 Å². The lowest BCUT2D eigenvalue weighted by Gasteiger charge is -2.15. The summed E-state index contributed by atoms with van der Waals surface area (Å²) in [7, 11) is -0.318. The minimum absolute atomic E-state index is 0.0277. The lowest BCUT2D eigenvalue weighted by atomic mass is 10.0. The molecule has 1 aromatic heterocycles. The summed E-state index contributed by atoms with van der Waals surface area (Å²) in [5.41, 5.74) is 2.41. The Labute approximate surface area is 199 Å². The fourth-order valence-electron chi connectivity index (χ4n) is 3.76. The SMILES string of the molecule is CCS(=O)(=O)c1ccc(F)c(-c2cn(C)c(=O)cc2OCCCCc2cccc(OC)c2C)c1. The molecule has 0 unspecified atom stereocenters. The highest BCUT2D eigenvalue weighted by molar-refractivity contribution is 7.91. The van der Waals surface area contributed by atoms with Crippen LogP contribution in [0.5, 0.6) is 11.5 Å². The Morgan fingerprint density at radius 2 is 1.79 bits per heavy atom. The van der Waals surface area contributed by atoms with Crippen molar-refractivity contribution in [2.75, 3.05) is 19.5 Å². The van der Waals surface area contributed by atoms with Gasteiger partial charge in [-0.3, -0.25) is 4.79 Å². The van der Waals surface area contributed by atoms with Crippen molar-refractivity contribution < 1.29 is 22.3 Å². The van der Waals surface area contributed by atoms with Crippen LogP contribution in [-0.2, 0) is 23.3 Å². The first-order chi connectivity index (χ1) is 16.2. The highest BCUT2D eigenvalue weighted by Gasteiger charge is 2.18. The van der Waals surface area contributed by atoms with Crippen molar-refractivity contribution in [3.8, 4) is 22.6 Å². The summed E-state index contributed by atoms with van der Waals surface area (Å²) in [6.45, 7) is 3.89. The van der Waals surface area contributed by atoms with Gasteiger partial charge in [0.2, 0.25) is 0 Å². The molecule has 0 aliphatic carbocycles. The highest BCUT2D eigenvalue weighted by atomic mass is 32.2. The van der Waals surface area contributed by atoms with E-state index in [0.717, 1.165) is 36.6 Å². The van der Waals surface area contributed by atoms with E-state index < -0.39 is 15.7 Å². The van der Waals surface area contributed by atoms with Crippen LogP contribution in [0.3, 0.4) is 0 Å². The van der Waals surface area contributed by atoms with Crippen LogP contribution >= 0.6 is 0 Å². The molecule has 2 aromatic carbocycles. The smallest absolute Gasteiger partial charge is 0.254 e. The molecule has 3 rings (SSSR count). The molecule has 0 N–H and O–H groups in total. The number of pyridine rings is 1. The van der Waals surface area contributed by atoms with Crippen molar-refractivity contribution in [2.45, 2.75) is 38.0 Å². The van der Waals surface area contributed by atoms with Crippen molar-refractivity contribution in [1.82, 2.24) is 4.57 Å². The molecule has 182 valence electrons. The summed E-state index contributed by atoms with van der Waals surface area (Å²) < 4.78 is 51.9. The lowest BCUT2D eigenvalue weighted by Crippen LogP contribution is -2.16. The van der Waals surface area contributed by atoms with E-state index in [0.29, 0.717) is 12.2 Å².